The quantitative estimate of drug-likeness (QED) is 0.474. The van der Waals surface area contributed by atoms with Crippen molar-refractivity contribution >= 4 is 35.0 Å². The van der Waals surface area contributed by atoms with Gasteiger partial charge in [0.1, 0.15) is 0 Å². The van der Waals surface area contributed by atoms with Crippen molar-refractivity contribution in [1.82, 2.24) is 0 Å². The second-order valence-corrected chi connectivity index (χ2v) is 6.13. The molecular formula is C16H16ClNO4S. The molecule has 0 saturated heterocycles. The maximum absolute atomic E-state index is 11.7. The van der Waals surface area contributed by atoms with Gasteiger partial charge in [-0.2, -0.15) is 5.23 Å². The summed E-state index contributed by atoms with van der Waals surface area (Å²) in [5, 5.41) is 20.4. The predicted octanol–water partition coefficient (Wildman–Crippen LogP) is 3.21. The fourth-order valence-corrected chi connectivity index (χ4v) is 2.96. The van der Waals surface area contributed by atoms with Crippen LogP contribution >= 0.6 is 23.4 Å². The van der Waals surface area contributed by atoms with Gasteiger partial charge >= 0.3 is 5.97 Å². The van der Waals surface area contributed by atoms with E-state index >= 15 is 0 Å². The lowest BCUT2D eigenvalue weighted by atomic mass is 10.1. The molecule has 2 rings (SSSR count). The average molecular weight is 354 g/mol. The molecule has 0 aliphatic rings. The molecule has 0 radical (unpaired) electrons. The number of hydrogen-bond acceptors (Lipinski definition) is 5. The summed E-state index contributed by atoms with van der Waals surface area (Å²) in [4.78, 5) is 12.7. The van der Waals surface area contributed by atoms with E-state index in [1.54, 1.807) is 31.2 Å². The Kier molecular flexibility index (Phi) is 6.44. The maximum atomic E-state index is 11.7. The van der Waals surface area contributed by atoms with Crippen molar-refractivity contribution in [1.29, 1.82) is 0 Å². The number of benzene rings is 2. The molecule has 5 nitrogen and oxygen atoms in total. The summed E-state index contributed by atoms with van der Waals surface area (Å²) in [5.41, 5.74) is 0.993. The van der Waals surface area contributed by atoms with E-state index in [2.05, 4.69) is 0 Å². The molecule has 0 spiro atoms. The van der Waals surface area contributed by atoms with Gasteiger partial charge in [-0.15, -0.1) is 11.8 Å². The molecule has 122 valence electrons. The fraction of sp³-hybridized carbons (Fsp3) is 0.188. The van der Waals surface area contributed by atoms with Gasteiger partial charge in [0.2, 0.25) is 0 Å². The van der Waals surface area contributed by atoms with Crippen LogP contribution in [0.2, 0.25) is 5.02 Å². The molecule has 0 aliphatic carbocycles. The highest BCUT2D eigenvalue weighted by atomic mass is 35.5. The number of rotatable bonds is 6. The molecule has 2 aromatic carbocycles. The van der Waals surface area contributed by atoms with Crippen LogP contribution in [0.1, 0.15) is 22.8 Å². The summed E-state index contributed by atoms with van der Waals surface area (Å²) in [7, 11) is 0. The minimum absolute atomic E-state index is 0.108. The van der Waals surface area contributed by atoms with E-state index < -0.39 is 11.2 Å². The SMILES string of the molecule is CCOC(=O)c1ccc(CSc2ccc(Cl)cc2)c([NH+]([O-])O)c1. The van der Waals surface area contributed by atoms with Gasteiger partial charge in [-0.1, -0.05) is 17.7 Å². The van der Waals surface area contributed by atoms with Gasteiger partial charge < -0.3 is 9.94 Å². The molecule has 0 bridgehead atoms. The molecule has 7 heteroatoms. The van der Waals surface area contributed by atoms with Crippen molar-refractivity contribution in [2.75, 3.05) is 6.61 Å². The first-order valence-corrected chi connectivity index (χ1v) is 8.29. The minimum atomic E-state index is -1.07. The molecule has 0 saturated carbocycles. The lowest BCUT2D eigenvalue weighted by Crippen LogP contribution is -2.99. The van der Waals surface area contributed by atoms with Gasteiger partial charge in [-0.3, -0.25) is 0 Å². The minimum Gasteiger partial charge on any atom is -0.595 e. The lowest BCUT2D eigenvalue weighted by Gasteiger charge is -2.16. The third-order valence-electron chi connectivity index (χ3n) is 3.06. The van der Waals surface area contributed by atoms with Gasteiger partial charge in [0.15, 0.2) is 5.69 Å². The van der Waals surface area contributed by atoms with E-state index in [0.717, 1.165) is 4.90 Å². The number of quaternary nitrogens is 1. The molecule has 1 atom stereocenters. The van der Waals surface area contributed by atoms with Crippen LogP contribution in [0.3, 0.4) is 0 Å². The molecule has 1 unspecified atom stereocenters. The smallest absolute Gasteiger partial charge is 0.338 e. The predicted molar refractivity (Wildman–Crippen MR) is 89.2 cm³/mol. The van der Waals surface area contributed by atoms with Crippen LogP contribution in [-0.2, 0) is 10.5 Å². The van der Waals surface area contributed by atoms with Crippen molar-refractivity contribution in [2.45, 2.75) is 17.6 Å². The Morgan fingerprint density at radius 1 is 1.30 bits per heavy atom. The third kappa shape index (κ3) is 4.95. The normalized spacial score (nSPS) is 12.0. The number of halogens is 1. The van der Waals surface area contributed by atoms with E-state index in [9.17, 15) is 15.2 Å². The zero-order valence-corrected chi connectivity index (χ0v) is 14.0. The first kappa shape index (κ1) is 17.8. The molecule has 0 aliphatic heterocycles. The Morgan fingerprint density at radius 2 is 2.00 bits per heavy atom. The Morgan fingerprint density at radius 3 is 2.61 bits per heavy atom. The molecule has 0 fully saturated rings. The molecule has 0 aromatic heterocycles. The number of esters is 1. The zero-order valence-electron chi connectivity index (χ0n) is 12.4. The van der Waals surface area contributed by atoms with Gasteiger partial charge in [0.25, 0.3) is 0 Å². The highest BCUT2D eigenvalue weighted by Crippen LogP contribution is 2.27. The number of thioether (sulfide) groups is 1. The van der Waals surface area contributed by atoms with Crippen molar-refractivity contribution < 1.29 is 20.0 Å². The maximum Gasteiger partial charge on any atom is 0.338 e. The Hall–Kier alpha value is -1.57. The van der Waals surface area contributed by atoms with Crippen LogP contribution in [0.4, 0.5) is 5.69 Å². The van der Waals surface area contributed by atoms with Gasteiger partial charge in [0.05, 0.1) is 12.2 Å². The third-order valence-corrected chi connectivity index (χ3v) is 4.37. The van der Waals surface area contributed by atoms with Crippen LogP contribution in [0, 0.1) is 5.21 Å². The number of ether oxygens (including phenoxy) is 1. The van der Waals surface area contributed by atoms with Crippen LogP contribution < -0.4 is 5.23 Å². The van der Waals surface area contributed by atoms with Crippen molar-refractivity contribution in [3.05, 3.63) is 63.8 Å². The second kappa shape index (κ2) is 8.33. The van der Waals surface area contributed by atoms with Crippen molar-refractivity contribution in [3.8, 4) is 0 Å². The highest BCUT2D eigenvalue weighted by molar-refractivity contribution is 7.98. The summed E-state index contributed by atoms with van der Waals surface area (Å²) in [6, 6.07) is 11.9. The summed E-state index contributed by atoms with van der Waals surface area (Å²) in [6.07, 6.45) is 0. The van der Waals surface area contributed by atoms with Gasteiger partial charge in [-0.25, -0.2) is 10.0 Å². The largest absolute Gasteiger partial charge is 0.595 e. The molecule has 0 heterocycles. The van der Waals surface area contributed by atoms with E-state index in [1.807, 2.05) is 12.1 Å². The number of carbonyl (C=O) groups excluding carboxylic acids is 1. The van der Waals surface area contributed by atoms with Crippen LogP contribution in [0.5, 0.6) is 0 Å². The monoisotopic (exact) mass is 353 g/mol. The highest BCUT2D eigenvalue weighted by Gasteiger charge is 2.15. The van der Waals surface area contributed by atoms with Gasteiger partial charge in [0, 0.05) is 27.3 Å². The molecule has 23 heavy (non-hydrogen) atoms. The number of carbonyl (C=O) groups is 1. The summed E-state index contributed by atoms with van der Waals surface area (Å²) >= 11 is 7.34. The van der Waals surface area contributed by atoms with E-state index in [1.165, 1.54) is 17.8 Å². The average Bonchev–Trinajstić information content (AvgIpc) is 2.54. The number of hydrogen-bond donors (Lipinski definition) is 2. The van der Waals surface area contributed by atoms with Crippen LogP contribution in [0.25, 0.3) is 0 Å². The first-order valence-electron chi connectivity index (χ1n) is 6.93. The van der Waals surface area contributed by atoms with E-state index in [0.29, 0.717) is 16.3 Å². The van der Waals surface area contributed by atoms with E-state index in [-0.39, 0.29) is 17.9 Å². The molecule has 2 N–H and O–H groups in total. The Bertz CT molecular complexity index is 676. The van der Waals surface area contributed by atoms with Crippen molar-refractivity contribution in [2.24, 2.45) is 0 Å². The molecular weight excluding hydrogens is 338 g/mol. The summed E-state index contributed by atoms with van der Waals surface area (Å²) in [6.45, 7) is 1.95. The number of nitrogens with one attached hydrogen (secondary N) is 1. The zero-order chi connectivity index (χ0) is 16.8. The summed E-state index contributed by atoms with van der Waals surface area (Å²) < 4.78 is 4.89. The van der Waals surface area contributed by atoms with E-state index in [4.69, 9.17) is 16.3 Å². The van der Waals surface area contributed by atoms with Crippen molar-refractivity contribution in [3.63, 3.8) is 0 Å². The topological polar surface area (TPSA) is 74.0 Å². The summed E-state index contributed by atoms with van der Waals surface area (Å²) in [5.74, 6) is -0.0428. The standard InChI is InChI=1S/C16H16ClNO4S/c1-2-22-16(19)11-3-4-12(15(9-11)18(20)21)10-23-14-7-5-13(17)6-8-14/h3-9,18,20H,2,10H2,1H3. The Balaban J connectivity index is 2.17. The second-order valence-electron chi connectivity index (χ2n) is 4.64. The van der Waals surface area contributed by atoms with Gasteiger partial charge in [-0.05, 0) is 37.3 Å². The lowest BCUT2D eigenvalue weighted by molar-refractivity contribution is -0.991. The first-order chi connectivity index (χ1) is 11.0. The Labute approximate surface area is 143 Å². The molecule has 2 aromatic rings. The fourth-order valence-electron chi connectivity index (χ4n) is 1.93. The molecule has 0 amide bonds. The van der Waals surface area contributed by atoms with Crippen LogP contribution in [0.15, 0.2) is 47.4 Å². The van der Waals surface area contributed by atoms with Crippen LogP contribution in [-0.4, -0.2) is 17.8 Å².